The lowest BCUT2D eigenvalue weighted by atomic mass is 10.2. The molecule has 0 fully saturated rings. The van der Waals surface area contributed by atoms with E-state index in [1.807, 2.05) is 12.1 Å². The third-order valence-electron chi connectivity index (χ3n) is 2.40. The molecule has 0 spiro atoms. The fraction of sp³-hybridized carbons (Fsp3) is 0.500. The van der Waals surface area contributed by atoms with Crippen LogP contribution in [0, 0.1) is 7.14 Å². The van der Waals surface area contributed by atoms with Gasteiger partial charge in [-0.25, -0.2) is 0 Å². The molecule has 0 unspecified atom stereocenters. The number of phenolic OH excluding ortho intramolecular Hbond substituents is 1. The van der Waals surface area contributed by atoms with E-state index in [1.54, 1.807) is 13.8 Å². The Labute approximate surface area is 141 Å². The molecule has 7 heteroatoms. The van der Waals surface area contributed by atoms with Crippen molar-refractivity contribution in [3.05, 3.63) is 24.8 Å². The third kappa shape index (κ3) is 5.49. The fourth-order valence-electron chi connectivity index (χ4n) is 1.59. The molecular weight excluding hydrogens is 493 g/mol. The van der Waals surface area contributed by atoms with E-state index in [2.05, 4.69) is 45.2 Å². The second-order valence-corrected chi connectivity index (χ2v) is 8.34. The fourth-order valence-corrected chi connectivity index (χ4v) is 5.14. The number of rotatable bonds is 7. The Morgan fingerprint density at radius 3 is 2.05 bits per heavy atom. The van der Waals surface area contributed by atoms with Gasteiger partial charge in [0.25, 0.3) is 0 Å². The molecule has 4 nitrogen and oxygen atoms in total. The minimum Gasteiger partial charge on any atom is -0.506 e. The third-order valence-corrected chi connectivity index (χ3v) is 6.12. The summed E-state index contributed by atoms with van der Waals surface area (Å²) < 4.78 is 24.4. The Hall–Kier alpha value is 0.630. The van der Waals surface area contributed by atoms with Gasteiger partial charge in [0, 0.05) is 0 Å². The molecule has 0 amide bonds. The number of halogens is 2. The van der Waals surface area contributed by atoms with Gasteiger partial charge >= 0.3 is 7.60 Å². The SMILES string of the molecule is CCOP(=O)(CCc1cc(I)c(O)c(I)c1)OCC. The summed E-state index contributed by atoms with van der Waals surface area (Å²) in [4.78, 5) is 0. The first kappa shape index (κ1) is 17.7. The standard InChI is InChI=1S/C12H17I2O4P/c1-3-17-19(16,18-4-2)6-5-9-7-10(13)12(15)11(14)8-9/h7-8,15H,3-6H2,1-2H3. The van der Waals surface area contributed by atoms with Crippen molar-refractivity contribution < 1.29 is 18.7 Å². The first-order valence-corrected chi connectivity index (χ1v) is 9.85. The van der Waals surface area contributed by atoms with Gasteiger partial charge in [0.1, 0.15) is 5.75 Å². The van der Waals surface area contributed by atoms with Crippen molar-refractivity contribution in [3.63, 3.8) is 0 Å². The van der Waals surface area contributed by atoms with Crippen LogP contribution in [0.4, 0.5) is 0 Å². The monoisotopic (exact) mass is 510 g/mol. The van der Waals surface area contributed by atoms with Crippen molar-refractivity contribution in [2.24, 2.45) is 0 Å². The van der Waals surface area contributed by atoms with E-state index in [9.17, 15) is 9.67 Å². The Bertz CT molecular complexity index is 446. The van der Waals surface area contributed by atoms with Crippen LogP contribution >= 0.6 is 52.8 Å². The average molecular weight is 510 g/mol. The molecule has 19 heavy (non-hydrogen) atoms. The average Bonchev–Trinajstić information content (AvgIpc) is 2.34. The van der Waals surface area contributed by atoms with Gasteiger partial charge in [-0.15, -0.1) is 0 Å². The van der Waals surface area contributed by atoms with Crippen LogP contribution in [0.1, 0.15) is 19.4 Å². The zero-order valence-electron chi connectivity index (χ0n) is 10.9. The van der Waals surface area contributed by atoms with E-state index in [-0.39, 0.29) is 0 Å². The van der Waals surface area contributed by atoms with Crippen molar-refractivity contribution >= 4 is 52.8 Å². The van der Waals surface area contributed by atoms with Crippen LogP contribution in [0.2, 0.25) is 0 Å². The van der Waals surface area contributed by atoms with Gasteiger partial charge in [-0.3, -0.25) is 4.57 Å². The highest BCUT2D eigenvalue weighted by Gasteiger charge is 2.23. The Kier molecular flexibility index (Phi) is 7.60. The van der Waals surface area contributed by atoms with Crippen molar-refractivity contribution in [1.29, 1.82) is 0 Å². The van der Waals surface area contributed by atoms with Gasteiger partial charge < -0.3 is 14.2 Å². The predicted octanol–water partition coefficient (Wildman–Crippen LogP) is 4.41. The molecule has 0 aromatic heterocycles. The number of phenols is 1. The maximum Gasteiger partial charge on any atom is 0.330 e. The molecule has 1 N–H and O–H groups in total. The van der Waals surface area contributed by atoms with Crippen molar-refractivity contribution in [2.45, 2.75) is 20.3 Å². The van der Waals surface area contributed by atoms with Crippen LogP contribution in [0.5, 0.6) is 5.75 Å². The summed E-state index contributed by atoms with van der Waals surface area (Å²) in [5, 5.41) is 9.71. The van der Waals surface area contributed by atoms with Crippen LogP contribution in [0.15, 0.2) is 12.1 Å². The normalized spacial score (nSPS) is 11.8. The highest BCUT2D eigenvalue weighted by Crippen LogP contribution is 2.48. The highest BCUT2D eigenvalue weighted by molar-refractivity contribution is 14.1. The smallest absolute Gasteiger partial charge is 0.330 e. The summed E-state index contributed by atoms with van der Waals surface area (Å²) in [7, 11) is -2.99. The van der Waals surface area contributed by atoms with Gasteiger partial charge in [0.15, 0.2) is 0 Å². The van der Waals surface area contributed by atoms with Gasteiger partial charge in [-0.1, -0.05) is 0 Å². The number of hydrogen-bond acceptors (Lipinski definition) is 4. The second kappa shape index (κ2) is 8.17. The van der Waals surface area contributed by atoms with E-state index in [0.717, 1.165) is 12.7 Å². The molecule has 1 aromatic carbocycles. The molecular formula is C12H17I2O4P. The van der Waals surface area contributed by atoms with E-state index in [1.165, 1.54) is 0 Å². The number of aromatic hydroxyl groups is 1. The molecule has 0 aliphatic rings. The molecule has 1 rings (SSSR count). The largest absolute Gasteiger partial charge is 0.506 e. The zero-order chi connectivity index (χ0) is 14.5. The molecule has 0 atom stereocenters. The minimum absolute atomic E-state index is 0.294. The maximum absolute atomic E-state index is 12.3. The Morgan fingerprint density at radius 1 is 1.16 bits per heavy atom. The van der Waals surface area contributed by atoms with Gasteiger partial charge in [-0.05, 0) is 83.1 Å². The maximum atomic E-state index is 12.3. The van der Waals surface area contributed by atoms with Crippen molar-refractivity contribution in [3.8, 4) is 5.75 Å². The molecule has 0 heterocycles. The van der Waals surface area contributed by atoms with Gasteiger partial charge in [-0.2, -0.15) is 0 Å². The molecule has 0 radical (unpaired) electrons. The van der Waals surface area contributed by atoms with Crippen LogP contribution in [-0.2, 0) is 20.0 Å². The van der Waals surface area contributed by atoms with E-state index < -0.39 is 7.60 Å². The summed E-state index contributed by atoms with van der Waals surface area (Å²) in [5.41, 5.74) is 1.02. The van der Waals surface area contributed by atoms with Crippen molar-refractivity contribution in [2.75, 3.05) is 19.4 Å². The van der Waals surface area contributed by atoms with Gasteiger partial charge in [0.2, 0.25) is 0 Å². The molecule has 0 aliphatic heterocycles. The lowest BCUT2D eigenvalue weighted by molar-refractivity contribution is 0.220. The highest BCUT2D eigenvalue weighted by atomic mass is 127. The quantitative estimate of drug-likeness (QED) is 0.437. The van der Waals surface area contributed by atoms with E-state index in [4.69, 9.17) is 9.05 Å². The van der Waals surface area contributed by atoms with Crippen LogP contribution < -0.4 is 0 Å². The second-order valence-electron chi connectivity index (χ2n) is 3.83. The topological polar surface area (TPSA) is 55.8 Å². The molecule has 0 aliphatic carbocycles. The summed E-state index contributed by atoms with van der Waals surface area (Å²) >= 11 is 4.17. The van der Waals surface area contributed by atoms with E-state index in [0.29, 0.717) is 31.5 Å². The first-order chi connectivity index (χ1) is 8.91. The van der Waals surface area contributed by atoms with E-state index >= 15 is 0 Å². The lowest BCUT2D eigenvalue weighted by Gasteiger charge is -2.17. The Balaban J connectivity index is 2.77. The zero-order valence-corrected chi connectivity index (χ0v) is 16.1. The minimum atomic E-state index is -2.99. The molecule has 0 bridgehead atoms. The Morgan fingerprint density at radius 2 is 1.63 bits per heavy atom. The molecule has 1 aromatic rings. The van der Waals surface area contributed by atoms with Crippen LogP contribution in [0.3, 0.4) is 0 Å². The summed E-state index contributed by atoms with van der Waals surface area (Å²) in [6.45, 7) is 4.36. The number of hydrogen-bond donors (Lipinski definition) is 1. The molecule has 0 saturated heterocycles. The molecule has 108 valence electrons. The summed E-state index contributed by atoms with van der Waals surface area (Å²) in [6, 6.07) is 3.78. The first-order valence-electron chi connectivity index (χ1n) is 5.97. The van der Waals surface area contributed by atoms with Crippen LogP contribution in [0.25, 0.3) is 0 Å². The van der Waals surface area contributed by atoms with Gasteiger partial charge in [0.05, 0.1) is 26.5 Å². The predicted molar refractivity (Wildman–Crippen MR) is 93.0 cm³/mol. The number of benzene rings is 1. The summed E-state index contributed by atoms with van der Waals surface area (Å²) in [5.74, 6) is 0.294. The number of aryl methyl sites for hydroxylation is 1. The lowest BCUT2D eigenvalue weighted by Crippen LogP contribution is -2.03. The molecule has 0 saturated carbocycles. The van der Waals surface area contributed by atoms with Crippen LogP contribution in [-0.4, -0.2) is 24.5 Å². The van der Waals surface area contributed by atoms with Crippen molar-refractivity contribution in [1.82, 2.24) is 0 Å². The summed E-state index contributed by atoms with van der Waals surface area (Å²) in [6.07, 6.45) is 0.954.